The van der Waals surface area contributed by atoms with Gasteiger partial charge < -0.3 is 14.2 Å². The van der Waals surface area contributed by atoms with E-state index >= 15 is 0 Å². The number of hydrogen-bond donors (Lipinski definition) is 0. The second kappa shape index (κ2) is 16.0. The van der Waals surface area contributed by atoms with Gasteiger partial charge in [0, 0.05) is 6.08 Å². The zero-order chi connectivity index (χ0) is 31.3. The molecule has 0 N–H and O–H groups in total. The molecule has 1 radical (unpaired) electrons. The van der Waals surface area contributed by atoms with E-state index in [-0.39, 0.29) is 0 Å². The summed E-state index contributed by atoms with van der Waals surface area (Å²) in [6.45, 7) is 2.46. The molecule has 2 atom stereocenters. The summed E-state index contributed by atoms with van der Waals surface area (Å²) < 4.78 is 18.1. The smallest absolute Gasteiger partial charge is 0.343 e. The average molecular weight is 596 g/mol. The fourth-order valence-electron chi connectivity index (χ4n) is 4.89. The summed E-state index contributed by atoms with van der Waals surface area (Å²) in [6.07, 6.45) is 3.84. The molecule has 5 nitrogen and oxygen atoms in total. The highest BCUT2D eigenvalue weighted by molar-refractivity contribution is 5.91. The van der Waals surface area contributed by atoms with E-state index in [1.54, 1.807) is 42.5 Å². The van der Waals surface area contributed by atoms with E-state index in [2.05, 4.69) is 13.0 Å². The lowest BCUT2D eigenvalue weighted by Crippen LogP contribution is -2.20. The van der Waals surface area contributed by atoms with Crippen molar-refractivity contribution in [3.05, 3.63) is 179 Å². The highest BCUT2D eigenvalue weighted by atomic mass is 16.6. The molecule has 45 heavy (non-hydrogen) atoms. The van der Waals surface area contributed by atoms with Crippen molar-refractivity contribution in [2.24, 2.45) is 0 Å². The van der Waals surface area contributed by atoms with Crippen LogP contribution in [0.5, 0.6) is 5.75 Å². The Kier molecular flexibility index (Phi) is 11.1. The molecule has 0 fully saturated rings. The molecule has 0 bridgehead atoms. The van der Waals surface area contributed by atoms with Crippen LogP contribution in [0.4, 0.5) is 0 Å². The largest absolute Gasteiger partial charge is 0.451 e. The van der Waals surface area contributed by atoms with Crippen LogP contribution in [-0.4, -0.2) is 11.9 Å². The molecule has 0 aliphatic carbocycles. The average Bonchev–Trinajstić information content (AvgIpc) is 3.09. The standard InChI is InChI=1S/C40H35O5/c1-2-12-30-19-24-35(25-20-30)40(42)44-36-26-21-31(22-27-36)23-28-37(41)45-39(34-17-10-5-11-18-34)38(33-15-8-4-9-16-33)43-29-32-13-6-3-7-14-32/h4-11,13-28,38-39H,2,12,29H2,1H3. The maximum atomic E-state index is 13.2. The van der Waals surface area contributed by atoms with Crippen LogP contribution < -0.4 is 4.74 Å². The SMILES string of the molecule is CCCc1ccc(C(=O)Oc2ccc(C=CC(=O)OC(c3ccccc3)C(OCc3cc[c]cc3)c3ccccc3)cc2)cc1. The van der Waals surface area contributed by atoms with E-state index in [0.717, 1.165) is 35.1 Å². The van der Waals surface area contributed by atoms with E-state index < -0.39 is 24.1 Å². The van der Waals surface area contributed by atoms with E-state index in [9.17, 15) is 9.59 Å². The quantitative estimate of drug-likeness (QED) is 0.0773. The van der Waals surface area contributed by atoms with Crippen molar-refractivity contribution in [1.82, 2.24) is 0 Å². The van der Waals surface area contributed by atoms with Crippen LogP contribution in [-0.2, 0) is 27.3 Å². The fraction of sp³-hybridized carbons (Fsp3) is 0.150. The Hall–Kier alpha value is -5.26. The zero-order valence-corrected chi connectivity index (χ0v) is 25.2. The van der Waals surface area contributed by atoms with Gasteiger partial charge in [-0.05, 0) is 70.6 Å². The first-order chi connectivity index (χ1) is 22.1. The number of ether oxygens (including phenoxy) is 3. The number of esters is 2. The van der Waals surface area contributed by atoms with Gasteiger partial charge in [0.25, 0.3) is 0 Å². The number of aryl methyl sites for hydroxylation is 1. The van der Waals surface area contributed by atoms with Gasteiger partial charge in [-0.1, -0.05) is 123 Å². The number of benzene rings is 5. The Bertz CT molecular complexity index is 1660. The van der Waals surface area contributed by atoms with Gasteiger partial charge in [-0.2, -0.15) is 0 Å². The van der Waals surface area contributed by atoms with E-state index in [1.807, 2.05) is 97.1 Å². The molecule has 0 spiro atoms. The van der Waals surface area contributed by atoms with Crippen LogP contribution in [0.3, 0.4) is 0 Å². The first-order valence-electron chi connectivity index (χ1n) is 15.1. The zero-order valence-electron chi connectivity index (χ0n) is 25.2. The monoisotopic (exact) mass is 595 g/mol. The molecular formula is C40H35O5. The second-order valence-corrected chi connectivity index (χ2v) is 10.6. The fourth-order valence-corrected chi connectivity index (χ4v) is 4.89. The Morgan fingerprint density at radius 1 is 0.711 bits per heavy atom. The van der Waals surface area contributed by atoms with Crippen molar-refractivity contribution < 1.29 is 23.8 Å². The van der Waals surface area contributed by atoms with Crippen LogP contribution in [0.2, 0.25) is 0 Å². The summed E-state index contributed by atoms with van der Waals surface area (Å²) in [5.41, 5.74) is 5.14. The van der Waals surface area contributed by atoms with Crippen LogP contribution in [0, 0.1) is 6.07 Å². The predicted octanol–water partition coefficient (Wildman–Crippen LogP) is 8.91. The number of carbonyl (C=O) groups is 2. The molecule has 5 aromatic carbocycles. The van der Waals surface area contributed by atoms with E-state index in [4.69, 9.17) is 14.2 Å². The van der Waals surface area contributed by atoms with Gasteiger partial charge in [0.1, 0.15) is 11.9 Å². The molecule has 5 heteroatoms. The van der Waals surface area contributed by atoms with Crippen LogP contribution >= 0.6 is 0 Å². The molecule has 2 unspecified atom stereocenters. The summed E-state index contributed by atoms with van der Waals surface area (Å²) in [4.78, 5) is 25.8. The second-order valence-electron chi connectivity index (χ2n) is 10.6. The first kappa shape index (κ1) is 31.2. The third-order valence-electron chi connectivity index (χ3n) is 7.22. The molecule has 0 aliphatic heterocycles. The van der Waals surface area contributed by atoms with Gasteiger partial charge in [-0.25, -0.2) is 9.59 Å². The molecule has 0 saturated heterocycles. The predicted molar refractivity (Wildman–Crippen MR) is 175 cm³/mol. The van der Waals surface area contributed by atoms with Crippen molar-refractivity contribution in [2.75, 3.05) is 0 Å². The number of hydrogen-bond acceptors (Lipinski definition) is 5. The normalized spacial score (nSPS) is 12.4. The minimum Gasteiger partial charge on any atom is -0.451 e. The van der Waals surface area contributed by atoms with Gasteiger partial charge in [0.2, 0.25) is 0 Å². The third kappa shape index (κ3) is 9.12. The van der Waals surface area contributed by atoms with Crippen LogP contribution in [0.15, 0.2) is 140 Å². The Balaban J connectivity index is 1.27. The van der Waals surface area contributed by atoms with Crippen molar-refractivity contribution in [3.63, 3.8) is 0 Å². The van der Waals surface area contributed by atoms with Gasteiger partial charge >= 0.3 is 11.9 Å². The summed E-state index contributed by atoms with van der Waals surface area (Å²) >= 11 is 0. The lowest BCUT2D eigenvalue weighted by molar-refractivity contribution is -0.154. The molecule has 0 amide bonds. The Labute approximate surface area is 264 Å². The summed E-state index contributed by atoms with van der Waals surface area (Å²) in [5, 5.41) is 0. The van der Waals surface area contributed by atoms with Gasteiger partial charge in [-0.3, -0.25) is 0 Å². The molecule has 0 aromatic heterocycles. The van der Waals surface area contributed by atoms with Crippen molar-refractivity contribution in [3.8, 4) is 5.75 Å². The van der Waals surface area contributed by atoms with Crippen molar-refractivity contribution >= 4 is 18.0 Å². The topological polar surface area (TPSA) is 61.8 Å². The minimum absolute atomic E-state index is 0.339. The summed E-state index contributed by atoms with van der Waals surface area (Å²) in [5.74, 6) is -0.511. The van der Waals surface area contributed by atoms with Gasteiger partial charge in [-0.15, -0.1) is 0 Å². The van der Waals surface area contributed by atoms with Gasteiger partial charge in [0.15, 0.2) is 6.10 Å². The maximum Gasteiger partial charge on any atom is 0.343 e. The van der Waals surface area contributed by atoms with Crippen molar-refractivity contribution in [2.45, 2.75) is 38.6 Å². The Morgan fingerprint density at radius 3 is 1.96 bits per heavy atom. The minimum atomic E-state index is -0.696. The highest BCUT2D eigenvalue weighted by Gasteiger charge is 2.29. The Morgan fingerprint density at radius 2 is 1.33 bits per heavy atom. The van der Waals surface area contributed by atoms with Crippen molar-refractivity contribution in [1.29, 1.82) is 0 Å². The lowest BCUT2D eigenvalue weighted by Gasteiger charge is -2.28. The maximum absolute atomic E-state index is 13.2. The summed E-state index contributed by atoms with van der Waals surface area (Å²) in [7, 11) is 0. The molecule has 0 heterocycles. The number of carbonyl (C=O) groups excluding carboxylic acids is 2. The molecule has 5 aromatic rings. The van der Waals surface area contributed by atoms with Gasteiger partial charge in [0.05, 0.1) is 12.2 Å². The molecule has 0 saturated carbocycles. The molecule has 225 valence electrons. The molecular weight excluding hydrogens is 560 g/mol. The molecule has 0 aliphatic rings. The summed E-state index contributed by atoms with van der Waals surface area (Å²) in [6, 6.07) is 44.4. The molecule has 5 rings (SSSR count). The highest BCUT2D eigenvalue weighted by Crippen LogP contribution is 2.36. The van der Waals surface area contributed by atoms with E-state index in [1.165, 1.54) is 11.6 Å². The van der Waals surface area contributed by atoms with Crippen LogP contribution in [0.25, 0.3) is 6.08 Å². The number of rotatable bonds is 13. The van der Waals surface area contributed by atoms with E-state index in [0.29, 0.717) is 17.9 Å². The van der Waals surface area contributed by atoms with Crippen LogP contribution in [0.1, 0.15) is 63.7 Å². The first-order valence-corrected chi connectivity index (χ1v) is 15.1. The lowest BCUT2D eigenvalue weighted by atomic mass is 9.97. The third-order valence-corrected chi connectivity index (χ3v) is 7.22.